The molecule has 1 aromatic heterocycles. The second kappa shape index (κ2) is 6.91. The molecule has 0 spiro atoms. The number of hydrogen-bond donors (Lipinski definition) is 1. The molecule has 1 fully saturated rings. The zero-order valence-electron chi connectivity index (χ0n) is 13.0. The molecule has 1 saturated heterocycles. The molecule has 23 heavy (non-hydrogen) atoms. The summed E-state index contributed by atoms with van der Waals surface area (Å²) in [5.74, 6) is -0.324. The minimum absolute atomic E-state index is 0.00600. The minimum atomic E-state index is -0.278. The van der Waals surface area contributed by atoms with Crippen molar-refractivity contribution in [3.05, 3.63) is 46.4 Å². The number of benzene rings is 1. The lowest BCUT2D eigenvalue weighted by atomic mass is 10.1. The van der Waals surface area contributed by atoms with Gasteiger partial charge in [-0.05, 0) is 19.1 Å². The lowest BCUT2D eigenvalue weighted by Crippen LogP contribution is -2.34. The number of aryl methyl sites for hydroxylation is 1. The summed E-state index contributed by atoms with van der Waals surface area (Å²) in [7, 11) is 0. The molecule has 2 aromatic rings. The largest absolute Gasteiger partial charge is 0.355 e. The first-order valence-electron chi connectivity index (χ1n) is 7.67. The third-order valence-corrected chi connectivity index (χ3v) is 4.73. The summed E-state index contributed by atoms with van der Waals surface area (Å²) < 4.78 is 0. The first kappa shape index (κ1) is 15.7. The van der Waals surface area contributed by atoms with E-state index >= 15 is 0 Å². The van der Waals surface area contributed by atoms with E-state index in [1.807, 2.05) is 42.6 Å². The van der Waals surface area contributed by atoms with Crippen LogP contribution < -0.4 is 10.2 Å². The Morgan fingerprint density at radius 2 is 2.17 bits per heavy atom. The van der Waals surface area contributed by atoms with Crippen molar-refractivity contribution < 1.29 is 9.59 Å². The highest BCUT2D eigenvalue weighted by molar-refractivity contribution is 7.09. The second-order valence-electron chi connectivity index (χ2n) is 5.64. The maximum Gasteiger partial charge on any atom is 0.227 e. The van der Waals surface area contributed by atoms with Crippen molar-refractivity contribution in [1.82, 2.24) is 10.3 Å². The van der Waals surface area contributed by atoms with Crippen molar-refractivity contribution in [3.8, 4) is 0 Å². The number of nitrogens with zero attached hydrogens (tertiary/aromatic N) is 2. The van der Waals surface area contributed by atoms with Gasteiger partial charge in [0.2, 0.25) is 11.8 Å². The van der Waals surface area contributed by atoms with E-state index in [0.717, 1.165) is 22.8 Å². The molecule has 0 bridgehead atoms. The van der Waals surface area contributed by atoms with Gasteiger partial charge in [-0.25, -0.2) is 4.98 Å². The van der Waals surface area contributed by atoms with Crippen LogP contribution >= 0.6 is 11.3 Å². The highest BCUT2D eigenvalue weighted by Crippen LogP contribution is 2.24. The van der Waals surface area contributed by atoms with Crippen LogP contribution in [0.5, 0.6) is 0 Å². The summed E-state index contributed by atoms with van der Waals surface area (Å²) in [6.07, 6.45) is 0.996. The lowest BCUT2D eigenvalue weighted by Gasteiger charge is -2.16. The number of nitrogens with one attached hydrogen (secondary N) is 1. The zero-order valence-corrected chi connectivity index (χ0v) is 13.8. The second-order valence-corrected chi connectivity index (χ2v) is 6.70. The molecule has 1 aromatic carbocycles. The number of amides is 2. The van der Waals surface area contributed by atoms with Gasteiger partial charge in [0, 0.05) is 37.0 Å². The molecular weight excluding hydrogens is 310 g/mol. The topological polar surface area (TPSA) is 62.3 Å². The van der Waals surface area contributed by atoms with Crippen molar-refractivity contribution in [1.29, 1.82) is 0 Å². The first-order valence-corrected chi connectivity index (χ1v) is 8.55. The average molecular weight is 329 g/mol. The molecule has 1 aliphatic heterocycles. The number of para-hydroxylation sites is 1. The van der Waals surface area contributed by atoms with E-state index < -0.39 is 0 Å². The van der Waals surface area contributed by atoms with E-state index in [9.17, 15) is 9.59 Å². The fraction of sp³-hybridized carbons (Fsp3) is 0.353. The third kappa shape index (κ3) is 3.76. The maximum absolute atomic E-state index is 12.3. The summed E-state index contributed by atoms with van der Waals surface area (Å²) in [5, 5.41) is 5.97. The van der Waals surface area contributed by atoms with Crippen molar-refractivity contribution in [3.63, 3.8) is 0 Å². The minimum Gasteiger partial charge on any atom is -0.355 e. The molecule has 1 aliphatic rings. The summed E-state index contributed by atoms with van der Waals surface area (Å²) >= 11 is 1.61. The quantitative estimate of drug-likeness (QED) is 0.914. The predicted molar refractivity (Wildman–Crippen MR) is 90.5 cm³/mol. The van der Waals surface area contributed by atoms with Crippen molar-refractivity contribution in [2.45, 2.75) is 19.8 Å². The van der Waals surface area contributed by atoms with E-state index in [4.69, 9.17) is 0 Å². The third-order valence-electron chi connectivity index (χ3n) is 3.91. The van der Waals surface area contributed by atoms with Crippen molar-refractivity contribution in [2.75, 3.05) is 18.0 Å². The number of carbonyl (C=O) groups is 2. The first-order chi connectivity index (χ1) is 11.1. The Balaban J connectivity index is 1.51. The van der Waals surface area contributed by atoms with Gasteiger partial charge in [-0.15, -0.1) is 11.3 Å². The Morgan fingerprint density at radius 3 is 2.87 bits per heavy atom. The standard InChI is InChI=1S/C17H19N3O2S/c1-12-19-14(11-23-12)7-8-18-17(22)13-9-16(21)20(10-13)15-5-3-2-4-6-15/h2-6,11,13H,7-10H2,1H3,(H,18,22)/t13-/m1/s1. The summed E-state index contributed by atoms with van der Waals surface area (Å²) in [6.45, 7) is 2.97. The SMILES string of the molecule is Cc1nc(CCNC(=O)[C@@H]2CC(=O)N(c3ccccc3)C2)cs1. The average Bonchev–Trinajstić information content (AvgIpc) is 3.14. The normalized spacial score (nSPS) is 17.5. The fourth-order valence-electron chi connectivity index (χ4n) is 2.72. The van der Waals surface area contributed by atoms with Crippen molar-refractivity contribution in [2.24, 2.45) is 5.92 Å². The van der Waals surface area contributed by atoms with E-state index in [2.05, 4.69) is 10.3 Å². The molecule has 5 nitrogen and oxygen atoms in total. The number of thiazole rings is 1. The molecule has 6 heteroatoms. The van der Waals surface area contributed by atoms with Gasteiger partial charge < -0.3 is 10.2 Å². The Labute approximate surface area is 139 Å². The van der Waals surface area contributed by atoms with Crippen molar-refractivity contribution >= 4 is 28.8 Å². The highest BCUT2D eigenvalue weighted by Gasteiger charge is 2.34. The lowest BCUT2D eigenvalue weighted by molar-refractivity contribution is -0.126. The van der Waals surface area contributed by atoms with Crippen LogP contribution in [0.15, 0.2) is 35.7 Å². The van der Waals surface area contributed by atoms with Gasteiger partial charge in [0.25, 0.3) is 0 Å². The number of aromatic nitrogens is 1. The van der Waals surface area contributed by atoms with Crippen LogP contribution in [-0.2, 0) is 16.0 Å². The maximum atomic E-state index is 12.3. The Hall–Kier alpha value is -2.21. The van der Waals surface area contributed by atoms with Gasteiger partial charge in [-0.2, -0.15) is 0 Å². The predicted octanol–water partition coefficient (Wildman–Crippen LogP) is 2.16. The molecule has 0 saturated carbocycles. The van der Waals surface area contributed by atoms with Gasteiger partial charge in [0.1, 0.15) is 0 Å². The van der Waals surface area contributed by atoms with Gasteiger partial charge in [0.05, 0.1) is 16.6 Å². The molecule has 2 heterocycles. The highest BCUT2D eigenvalue weighted by atomic mass is 32.1. The van der Waals surface area contributed by atoms with E-state index in [1.165, 1.54) is 0 Å². The molecule has 0 radical (unpaired) electrons. The summed E-state index contributed by atoms with van der Waals surface area (Å²) in [4.78, 5) is 30.4. The number of carbonyl (C=O) groups excluding carboxylic acids is 2. The summed E-state index contributed by atoms with van der Waals surface area (Å²) in [5.41, 5.74) is 1.85. The van der Waals surface area contributed by atoms with Gasteiger partial charge >= 0.3 is 0 Å². The molecule has 0 unspecified atom stereocenters. The van der Waals surface area contributed by atoms with Gasteiger partial charge in [-0.1, -0.05) is 18.2 Å². The van der Waals surface area contributed by atoms with Gasteiger partial charge in [0.15, 0.2) is 0 Å². The smallest absolute Gasteiger partial charge is 0.227 e. The van der Waals surface area contributed by atoms with E-state index in [0.29, 0.717) is 13.1 Å². The Morgan fingerprint density at radius 1 is 1.39 bits per heavy atom. The van der Waals surface area contributed by atoms with Crippen LogP contribution in [0.3, 0.4) is 0 Å². The number of hydrogen-bond acceptors (Lipinski definition) is 4. The fourth-order valence-corrected chi connectivity index (χ4v) is 3.37. The number of anilines is 1. The van der Waals surface area contributed by atoms with Gasteiger partial charge in [-0.3, -0.25) is 9.59 Å². The number of rotatable bonds is 5. The molecule has 120 valence electrons. The van der Waals surface area contributed by atoms with Crippen LogP contribution in [0.2, 0.25) is 0 Å². The molecule has 2 amide bonds. The molecule has 3 rings (SSSR count). The Bertz CT molecular complexity index is 699. The Kier molecular flexibility index (Phi) is 4.71. The van der Waals surface area contributed by atoms with E-state index in [-0.39, 0.29) is 24.2 Å². The monoisotopic (exact) mass is 329 g/mol. The van der Waals surface area contributed by atoms with Crippen LogP contribution in [-0.4, -0.2) is 29.9 Å². The molecular formula is C17H19N3O2S. The zero-order chi connectivity index (χ0) is 16.2. The van der Waals surface area contributed by atoms with Crippen LogP contribution in [0.4, 0.5) is 5.69 Å². The van der Waals surface area contributed by atoms with E-state index in [1.54, 1.807) is 16.2 Å². The van der Waals surface area contributed by atoms with Crippen LogP contribution in [0.1, 0.15) is 17.1 Å². The summed E-state index contributed by atoms with van der Waals surface area (Å²) in [6, 6.07) is 9.48. The molecule has 1 atom stereocenters. The van der Waals surface area contributed by atoms with Crippen LogP contribution in [0, 0.1) is 12.8 Å². The molecule has 0 aliphatic carbocycles. The van der Waals surface area contributed by atoms with Crippen LogP contribution in [0.25, 0.3) is 0 Å². The molecule has 1 N–H and O–H groups in total.